The van der Waals surface area contributed by atoms with E-state index in [1.165, 1.54) is 5.69 Å². The minimum atomic E-state index is 0.141. The van der Waals surface area contributed by atoms with E-state index in [-0.39, 0.29) is 5.91 Å². The molecule has 0 saturated carbocycles. The summed E-state index contributed by atoms with van der Waals surface area (Å²) in [5.41, 5.74) is 1.32. The van der Waals surface area contributed by atoms with E-state index >= 15 is 0 Å². The van der Waals surface area contributed by atoms with Crippen molar-refractivity contribution in [3.8, 4) is 0 Å². The topological polar surface area (TPSA) is 40.5 Å². The van der Waals surface area contributed by atoms with Crippen LogP contribution in [0.1, 0.15) is 12.8 Å². The van der Waals surface area contributed by atoms with Gasteiger partial charge in [0.15, 0.2) is 0 Å². The fourth-order valence-electron chi connectivity index (χ4n) is 3.24. The molecule has 0 atom stereocenters. The van der Waals surface area contributed by atoms with Crippen LogP contribution in [0.5, 0.6) is 0 Å². The average Bonchev–Trinajstić information content (AvgIpc) is 3.18. The molecule has 1 aromatic heterocycles. The number of aromatic nitrogens is 1. The monoisotopic (exact) mass is 340 g/mol. The molecule has 25 heavy (non-hydrogen) atoms. The van der Waals surface area contributed by atoms with E-state index in [4.69, 9.17) is 0 Å². The highest BCUT2D eigenvalue weighted by Gasteiger charge is 2.16. The molecule has 0 bridgehead atoms. The van der Waals surface area contributed by atoms with Crippen LogP contribution in [0, 0.1) is 0 Å². The van der Waals surface area contributed by atoms with E-state index in [2.05, 4.69) is 45.4 Å². The molecular weight excluding hydrogens is 312 g/mol. The summed E-state index contributed by atoms with van der Waals surface area (Å²) in [6.07, 6.45) is 5.54. The zero-order valence-corrected chi connectivity index (χ0v) is 14.8. The van der Waals surface area contributed by atoms with Crippen molar-refractivity contribution >= 4 is 11.6 Å². The highest BCUT2D eigenvalue weighted by atomic mass is 16.1. The van der Waals surface area contributed by atoms with Crippen molar-refractivity contribution < 1.29 is 4.79 Å². The number of hydrogen-bond acceptors (Lipinski definition) is 3. The molecule has 0 spiro atoms. The van der Waals surface area contributed by atoms with Gasteiger partial charge >= 0.3 is 0 Å². The molecule has 5 nitrogen and oxygen atoms in total. The van der Waals surface area contributed by atoms with Crippen molar-refractivity contribution in [1.29, 1.82) is 0 Å². The average molecular weight is 340 g/mol. The third-order valence-electron chi connectivity index (χ3n) is 4.73. The molecule has 5 heteroatoms. The maximum Gasteiger partial charge on any atom is 0.221 e. The summed E-state index contributed by atoms with van der Waals surface area (Å²) in [4.78, 5) is 16.8. The van der Waals surface area contributed by atoms with Crippen LogP contribution in [0.15, 0.2) is 54.9 Å². The third kappa shape index (κ3) is 5.64. The summed E-state index contributed by atoms with van der Waals surface area (Å²) < 4.78 is 2.03. The SMILES string of the molecule is O=C(CCn1cccc1)NCCCN1CCN(c2ccccc2)CC1. The first kappa shape index (κ1) is 17.5. The molecule has 1 amide bonds. The molecule has 0 radical (unpaired) electrons. The Morgan fingerprint density at radius 2 is 1.64 bits per heavy atom. The minimum absolute atomic E-state index is 0.141. The first-order valence-electron chi connectivity index (χ1n) is 9.21. The van der Waals surface area contributed by atoms with Crippen LogP contribution >= 0.6 is 0 Å². The second kappa shape index (κ2) is 9.28. The molecule has 1 aromatic carbocycles. The van der Waals surface area contributed by atoms with Gasteiger partial charge in [0.1, 0.15) is 0 Å². The lowest BCUT2D eigenvalue weighted by Crippen LogP contribution is -2.47. The lowest BCUT2D eigenvalue weighted by atomic mass is 10.2. The minimum Gasteiger partial charge on any atom is -0.369 e. The van der Waals surface area contributed by atoms with Crippen molar-refractivity contribution in [3.63, 3.8) is 0 Å². The molecule has 1 saturated heterocycles. The summed E-state index contributed by atoms with van der Waals surface area (Å²) in [6.45, 7) is 6.91. The van der Waals surface area contributed by atoms with Crippen LogP contribution in [0.4, 0.5) is 5.69 Å². The van der Waals surface area contributed by atoms with Crippen LogP contribution in [-0.2, 0) is 11.3 Å². The second-order valence-electron chi connectivity index (χ2n) is 6.54. The fraction of sp³-hybridized carbons (Fsp3) is 0.450. The number of amides is 1. The maximum atomic E-state index is 11.8. The summed E-state index contributed by atoms with van der Waals surface area (Å²) in [6, 6.07) is 14.6. The number of para-hydroxylation sites is 1. The largest absolute Gasteiger partial charge is 0.369 e. The molecule has 2 heterocycles. The first-order valence-corrected chi connectivity index (χ1v) is 9.21. The Labute approximate surface area is 150 Å². The van der Waals surface area contributed by atoms with Gasteiger partial charge in [0.2, 0.25) is 5.91 Å². The first-order chi connectivity index (χ1) is 12.3. The number of carbonyl (C=O) groups excluding carboxylic acids is 1. The Morgan fingerprint density at radius 3 is 2.36 bits per heavy atom. The molecule has 134 valence electrons. The van der Waals surface area contributed by atoms with Crippen LogP contribution in [0.3, 0.4) is 0 Å². The Morgan fingerprint density at radius 1 is 0.920 bits per heavy atom. The second-order valence-corrected chi connectivity index (χ2v) is 6.54. The number of rotatable bonds is 8. The zero-order valence-electron chi connectivity index (χ0n) is 14.8. The van der Waals surface area contributed by atoms with Crippen LogP contribution in [0.2, 0.25) is 0 Å². The zero-order chi connectivity index (χ0) is 17.3. The van der Waals surface area contributed by atoms with Gasteiger partial charge in [-0.2, -0.15) is 0 Å². The fourth-order valence-corrected chi connectivity index (χ4v) is 3.24. The van der Waals surface area contributed by atoms with Crippen molar-refractivity contribution in [1.82, 2.24) is 14.8 Å². The Hall–Kier alpha value is -2.27. The molecule has 3 rings (SSSR count). The van der Waals surface area contributed by atoms with Gasteiger partial charge in [0, 0.05) is 63.8 Å². The third-order valence-corrected chi connectivity index (χ3v) is 4.73. The molecule has 1 N–H and O–H groups in total. The Kier molecular flexibility index (Phi) is 6.51. The number of piperazine rings is 1. The van der Waals surface area contributed by atoms with Crippen LogP contribution in [-0.4, -0.2) is 54.6 Å². The van der Waals surface area contributed by atoms with E-state index in [0.717, 1.165) is 52.2 Å². The van der Waals surface area contributed by atoms with Gasteiger partial charge in [0.05, 0.1) is 0 Å². The molecule has 1 aliphatic heterocycles. The highest BCUT2D eigenvalue weighted by Crippen LogP contribution is 2.15. The standard InChI is InChI=1S/C20H28N4O/c25-20(9-14-22-11-4-5-12-22)21-10-6-13-23-15-17-24(18-16-23)19-7-2-1-3-8-19/h1-5,7-8,11-12H,6,9-10,13-18H2,(H,21,25). The number of benzene rings is 1. The quantitative estimate of drug-likeness (QED) is 0.749. The van der Waals surface area contributed by atoms with Crippen LogP contribution < -0.4 is 10.2 Å². The number of nitrogens with zero attached hydrogens (tertiary/aromatic N) is 3. The highest BCUT2D eigenvalue weighted by molar-refractivity contribution is 5.75. The predicted molar refractivity (Wildman–Crippen MR) is 102 cm³/mol. The van der Waals surface area contributed by atoms with Gasteiger partial charge in [0.25, 0.3) is 0 Å². The number of hydrogen-bond donors (Lipinski definition) is 1. The van der Waals surface area contributed by atoms with E-state index in [1.54, 1.807) is 0 Å². The number of aryl methyl sites for hydroxylation is 1. The van der Waals surface area contributed by atoms with E-state index in [0.29, 0.717) is 6.42 Å². The lowest BCUT2D eigenvalue weighted by Gasteiger charge is -2.36. The normalized spacial score (nSPS) is 15.3. The van der Waals surface area contributed by atoms with Gasteiger partial charge in [-0.1, -0.05) is 18.2 Å². The number of nitrogens with one attached hydrogen (secondary N) is 1. The van der Waals surface area contributed by atoms with Crippen LogP contribution in [0.25, 0.3) is 0 Å². The van der Waals surface area contributed by atoms with E-state index in [9.17, 15) is 4.79 Å². The van der Waals surface area contributed by atoms with Gasteiger partial charge in [-0.3, -0.25) is 9.69 Å². The lowest BCUT2D eigenvalue weighted by molar-refractivity contribution is -0.121. The number of carbonyl (C=O) groups is 1. The molecule has 0 unspecified atom stereocenters. The van der Waals surface area contributed by atoms with E-state index in [1.807, 2.05) is 29.1 Å². The summed E-state index contributed by atoms with van der Waals surface area (Å²) in [7, 11) is 0. The predicted octanol–water partition coefficient (Wildman–Crippen LogP) is 2.21. The van der Waals surface area contributed by atoms with Gasteiger partial charge < -0.3 is 14.8 Å². The molecule has 1 aliphatic rings. The van der Waals surface area contributed by atoms with Gasteiger partial charge in [-0.15, -0.1) is 0 Å². The smallest absolute Gasteiger partial charge is 0.221 e. The van der Waals surface area contributed by atoms with Crippen molar-refractivity contribution in [2.75, 3.05) is 44.2 Å². The Bertz CT molecular complexity index is 618. The molecule has 0 aliphatic carbocycles. The molecule has 1 fully saturated rings. The summed E-state index contributed by atoms with van der Waals surface area (Å²) in [5.74, 6) is 0.141. The number of anilines is 1. The van der Waals surface area contributed by atoms with Crippen molar-refractivity contribution in [3.05, 3.63) is 54.9 Å². The van der Waals surface area contributed by atoms with Gasteiger partial charge in [-0.25, -0.2) is 0 Å². The maximum absolute atomic E-state index is 11.8. The van der Waals surface area contributed by atoms with Crippen molar-refractivity contribution in [2.45, 2.75) is 19.4 Å². The van der Waals surface area contributed by atoms with Gasteiger partial charge in [-0.05, 0) is 37.2 Å². The van der Waals surface area contributed by atoms with Crippen molar-refractivity contribution in [2.24, 2.45) is 0 Å². The van der Waals surface area contributed by atoms with E-state index < -0.39 is 0 Å². The Balaban J connectivity index is 1.26. The summed E-state index contributed by atoms with van der Waals surface area (Å²) in [5, 5.41) is 3.03. The summed E-state index contributed by atoms with van der Waals surface area (Å²) >= 11 is 0. The molecule has 2 aromatic rings. The molecular formula is C20H28N4O.